The van der Waals surface area contributed by atoms with Crippen molar-refractivity contribution in [3.05, 3.63) is 385 Å². The molecule has 33 heteroatoms. The number of pyridine rings is 1. The third-order valence-electron chi connectivity index (χ3n) is 8.14. The largest absolute Gasteiger partial charge is 0.265 e. The maximum atomic E-state index is 3.78. The van der Waals surface area contributed by atoms with Gasteiger partial charge in [-0.05, 0) is 68.8 Å². The summed E-state index contributed by atoms with van der Waals surface area (Å²) in [5.74, 6) is 20.2. The fourth-order valence-electron chi connectivity index (χ4n) is 4.42. The van der Waals surface area contributed by atoms with Gasteiger partial charge in [0.15, 0.2) is 12.7 Å². The predicted octanol–water partition coefficient (Wildman–Crippen LogP) is 7.98. The fraction of sp³-hybridized carbons (Fsp3) is 0. The molecule has 0 N–H and O–H groups in total. The minimum Gasteiger partial charge on any atom is -0.265 e. The second-order valence-electron chi connectivity index (χ2n) is 15.0. The first-order valence-corrected chi connectivity index (χ1v) is 28.9. The van der Waals surface area contributed by atoms with Gasteiger partial charge in [-0.25, -0.2) is 34.9 Å². The second kappa shape index (κ2) is 77.9. The Bertz CT molecular complexity index is 2270. The Morgan fingerprint density at radius 2 is 0.417 bits per heavy atom. The summed E-state index contributed by atoms with van der Waals surface area (Å²) in [6.07, 6.45) is 38.3. The second-order valence-corrected chi connectivity index (χ2v) is 15.9. The van der Waals surface area contributed by atoms with E-state index in [1.165, 1.54) is 83.7 Å². The normalized spacial score (nSPS) is 7.83. The Hall–Kier alpha value is -13.2. The first kappa shape index (κ1) is 80.8. The number of nitrogens with zero attached hydrogens (tertiary/aromatic N) is 28. The van der Waals surface area contributed by atoms with E-state index in [0.717, 1.165) is 0 Å². The van der Waals surface area contributed by atoms with Gasteiger partial charge in [-0.1, -0.05) is 105 Å². The van der Waals surface area contributed by atoms with Crippen LogP contribution in [0.4, 0.5) is 0 Å². The van der Waals surface area contributed by atoms with E-state index in [4.69, 9.17) is 0 Å². The van der Waals surface area contributed by atoms with Crippen LogP contribution in [0.25, 0.3) is 0 Å². The maximum absolute atomic E-state index is 3.78. The summed E-state index contributed by atoms with van der Waals surface area (Å²) < 4.78 is 0. The number of hydrogen-bond acceptors (Lipinski definition) is 28. The van der Waals surface area contributed by atoms with Crippen molar-refractivity contribution in [1.29, 1.82) is 0 Å². The van der Waals surface area contributed by atoms with Crippen LogP contribution in [0.5, 0.6) is 0 Å². The van der Waals surface area contributed by atoms with E-state index in [-0.39, 0.29) is 0 Å². The molecule has 0 atom stereocenters. The minimum atomic E-state index is 1.28. The van der Waals surface area contributed by atoms with Gasteiger partial charge in [0.1, 0.15) is 44.3 Å². The smallest absolute Gasteiger partial charge is 0.160 e. The molecular weight excluding hydrogens is 1220 g/mol. The molecule has 0 saturated heterocycles. The Morgan fingerprint density at radius 3 is 0.562 bits per heavy atom. The Morgan fingerprint density at radius 1 is 0.146 bits per heavy atom. The molecule has 14 aromatic heterocycles. The van der Waals surface area contributed by atoms with Gasteiger partial charge < -0.3 is 0 Å². The summed E-state index contributed by atoms with van der Waals surface area (Å²) in [5, 5.41) is 60.5. The maximum Gasteiger partial charge on any atom is 0.160 e. The molecule has 0 saturated carbocycles. The van der Waals surface area contributed by atoms with Crippen LogP contribution in [0, 0.1) is 0 Å². The predicted molar refractivity (Wildman–Crippen MR) is 369 cm³/mol. The zero-order valence-electron chi connectivity index (χ0n) is 51.7. The van der Waals surface area contributed by atoms with E-state index < -0.39 is 0 Å². The Balaban J connectivity index is 0.000000512. The first-order valence-electron chi connectivity index (χ1n) is 27.8. The van der Waals surface area contributed by atoms with Crippen molar-refractivity contribution in [2.24, 2.45) is 0 Å². The van der Waals surface area contributed by atoms with Crippen LogP contribution in [0.3, 0.4) is 0 Å². The molecule has 0 amide bonds. The van der Waals surface area contributed by atoms with Crippen molar-refractivity contribution in [1.82, 2.24) is 142 Å². The molecule has 0 spiro atoms. The Kier molecular flexibility index (Phi) is 65.5. The molecule has 0 aliphatic rings. The molecule has 0 radical (unpaired) electrons. The van der Waals surface area contributed by atoms with Crippen molar-refractivity contribution < 1.29 is 0 Å². The van der Waals surface area contributed by atoms with Gasteiger partial charge in [-0.2, -0.15) is 15.3 Å². The van der Waals surface area contributed by atoms with Gasteiger partial charge in [0.05, 0.1) is 31.0 Å². The van der Waals surface area contributed by atoms with E-state index in [1.54, 1.807) is 92.7 Å². The van der Waals surface area contributed by atoms with Gasteiger partial charge in [0.2, 0.25) is 0 Å². The molecule has 0 bridgehead atoms. The first-order chi connectivity index (χ1) is 48.0. The van der Waals surface area contributed by atoms with Crippen LogP contribution < -0.4 is 0 Å². The van der Waals surface area contributed by atoms with Crippen molar-refractivity contribution in [3.8, 4) is 0 Å². The van der Waals surface area contributed by atoms with Crippen LogP contribution >= 0.6 is 8.19 Å². The SMILES string of the molecule is b1ccbcc1.b1ccccc1.b1ccccc1.c1ccccc1.c1ccccc1.c1ccncc1.c1ccnnc1.c1ccpcc1.c1cnccn1.c1cncnc1.c1cnncn1.c1cnnnc1.c1cnnnn1.c1ncncn1.c1ncnnn1.c1nncnn1. The number of aromatic nitrogens is 28. The molecule has 96 heavy (non-hydrogen) atoms. The van der Waals surface area contributed by atoms with Gasteiger partial charge in [-0.15, -0.1) is 56.1 Å². The van der Waals surface area contributed by atoms with Crippen LogP contribution in [0.15, 0.2) is 385 Å². The molecule has 2 aromatic carbocycles. The third kappa shape index (κ3) is 75.0. The summed E-state index contributed by atoms with van der Waals surface area (Å²) >= 11 is 0. The molecule has 16 rings (SSSR count). The summed E-state index contributed by atoms with van der Waals surface area (Å²) in [6.45, 7) is 8.00. The van der Waals surface area contributed by atoms with Gasteiger partial charge in [0, 0.05) is 68.2 Å². The van der Waals surface area contributed by atoms with E-state index in [1.807, 2.05) is 233 Å². The van der Waals surface area contributed by atoms with E-state index >= 15 is 0 Å². The van der Waals surface area contributed by atoms with E-state index in [9.17, 15) is 0 Å². The Labute approximate surface area is 560 Å². The van der Waals surface area contributed by atoms with Crippen molar-refractivity contribution in [2.45, 2.75) is 0 Å². The molecule has 0 fully saturated rings. The molecule has 0 aliphatic carbocycles. The number of hydrogen-bond donors (Lipinski definition) is 0. The van der Waals surface area contributed by atoms with Gasteiger partial charge in [0.25, 0.3) is 0 Å². The summed E-state index contributed by atoms with van der Waals surface area (Å²) in [5.41, 5.74) is 0. The monoisotopic (exact) mass is 1290 g/mol. The number of benzene rings is 2. The average molecular weight is 1290 g/mol. The molecule has 16 aromatic rings. The van der Waals surface area contributed by atoms with Crippen molar-refractivity contribution in [3.63, 3.8) is 0 Å². The van der Waals surface area contributed by atoms with E-state index in [2.05, 4.69) is 154 Å². The number of rotatable bonds is 0. The topological polar surface area (TPSA) is 361 Å². The van der Waals surface area contributed by atoms with Crippen LogP contribution in [-0.4, -0.2) is 170 Å². The van der Waals surface area contributed by atoms with Crippen LogP contribution in [-0.2, 0) is 0 Å². The third-order valence-corrected chi connectivity index (χ3v) is 8.83. The molecule has 0 unspecified atom stereocenters. The molecule has 472 valence electrons. The summed E-state index contributed by atoms with van der Waals surface area (Å²) in [7, 11) is 1.31. The molecule has 0 aliphatic heterocycles. The van der Waals surface area contributed by atoms with Crippen molar-refractivity contribution >= 4 is 35.8 Å². The van der Waals surface area contributed by atoms with Crippen LogP contribution in [0.2, 0.25) is 0 Å². The quantitative estimate of drug-likeness (QED) is 0.139. The minimum absolute atomic E-state index is 1.28. The van der Waals surface area contributed by atoms with Gasteiger partial charge in [-0.3, -0.25) is 15.0 Å². The standard InChI is InChI=1S/2C6H6.2C5H5B.C5H5N.C5H5P.C4H4B2.3C4H4N2.3C3H3N3.3C2H2N4/c6*1-2-4-6-5-3-1;2*1-2-6-4-3-5-1;1-2-5-4-6-3-1;1-2-4-6-5-3-1;1-4-2-6-3-5-1;1-2-5-6-3-4-1;1-2-4-6-5-3-1;1-3-5-2-6-4-1;1-3-2-5-6-4-1;1-2-4-6-5-3-1/h2*1-6H;4*1-5H;4*1-4H;3*1-3H;3*1-2H. The zero-order chi connectivity index (χ0) is 67.9. The molecule has 14 heterocycles. The fourth-order valence-corrected chi connectivity index (χ4v) is 4.92. The molecular formula is C63H63B4N28P. The zero-order valence-corrected chi connectivity index (χ0v) is 52.5. The van der Waals surface area contributed by atoms with Gasteiger partial charge >= 0.3 is 112 Å². The molecule has 28 nitrogen and oxygen atoms in total. The summed E-state index contributed by atoms with van der Waals surface area (Å²) in [6, 6.07) is 55.0. The van der Waals surface area contributed by atoms with Crippen LogP contribution in [0.1, 0.15) is 0 Å². The van der Waals surface area contributed by atoms with E-state index in [0.29, 0.717) is 0 Å². The van der Waals surface area contributed by atoms with Crippen molar-refractivity contribution in [2.75, 3.05) is 0 Å². The average Bonchev–Trinajstić information content (AvgIpc) is 3.75. The summed E-state index contributed by atoms with van der Waals surface area (Å²) in [4.78, 5) is 36.4.